The predicted octanol–water partition coefficient (Wildman–Crippen LogP) is 2.01. The average molecular weight is 194 g/mol. The van der Waals surface area contributed by atoms with Gasteiger partial charge in [0, 0.05) is 18.6 Å². The van der Waals surface area contributed by atoms with Gasteiger partial charge in [-0.25, -0.2) is 0 Å². The highest BCUT2D eigenvalue weighted by Gasteiger charge is 2.05. The zero-order valence-corrected chi connectivity index (χ0v) is 7.87. The molecule has 1 heterocycles. The lowest BCUT2D eigenvalue weighted by Crippen LogP contribution is -2.30. The van der Waals surface area contributed by atoms with E-state index in [-0.39, 0.29) is 12.4 Å². The van der Waals surface area contributed by atoms with Crippen LogP contribution in [-0.2, 0) is 0 Å². The van der Waals surface area contributed by atoms with Crippen molar-refractivity contribution in [3.8, 4) is 0 Å². The van der Waals surface area contributed by atoms with E-state index in [1.54, 1.807) is 13.0 Å². The van der Waals surface area contributed by atoms with Gasteiger partial charge in [0.15, 0.2) is 11.9 Å². The van der Waals surface area contributed by atoms with Gasteiger partial charge in [0.05, 0.1) is 5.02 Å². The van der Waals surface area contributed by atoms with Gasteiger partial charge in [-0.3, -0.25) is 0 Å². The largest absolute Gasteiger partial charge is 0.619 e. The van der Waals surface area contributed by atoms with Crippen LogP contribution < -0.4 is 4.73 Å². The topological polar surface area (TPSA) is 26.9 Å². The van der Waals surface area contributed by atoms with Crippen LogP contribution in [0.5, 0.6) is 0 Å². The van der Waals surface area contributed by atoms with E-state index < -0.39 is 0 Å². The van der Waals surface area contributed by atoms with E-state index in [1.807, 2.05) is 6.92 Å². The first-order valence-corrected chi connectivity index (χ1v) is 3.35. The molecule has 0 unspecified atom stereocenters. The Labute approximate surface area is 76.8 Å². The second-order valence-corrected chi connectivity index (χ2v) is 2.61. The summed E-state index contributed by atoms with van der Waals surface area (Å²) < 4.78 is 0.807. The first-order valence-electron chi connectivity index (χ1n) is 2.98. The smallest absolute Gasteiger partial charge is 0.194 e. The van der Waals surface area contributed by atoms with E-state index in [9.17, 15) is 5.21 Å². The van der Waals surface area contributed by atoms with Crippen molar-refractivity contribution in [2.24, 2.45) is 0 Å². The molecular weight excluding hydrogens is 185 g/mol. The molecule has 0 bridgehead atoms. The lowest BCUT2D eigenvalue weighted by Gasteiger charge is -2.02. The highest BCUT2D eigenvalue weighted by Crippen LogP contribution is 2.13. The third-order valence-electron chi connectivity index (χ3n) is 1.59. The molecule has 62 valence electrons. The van der Waals surface area contributed by atoms with Crippen LogP contribution in [0.25, 0.3) is 0 Å². The van der Waals surface area contributed by atoms with Gasteiger partial charge < -0.3 is 5.21 Å². The second-order valence-electron chi connectivity index (χ2n) is 2.20. The average Bonchev–Trinajstić information content (AvgIpc) is 1.93. The van der Waals surface area contributed by atoms with Crippen molar-refractivity contribution in [2.45, 2.75) is 13.8 Å². The predicted molar refractivity (Wildman–Crippen MR) is 47.1 cm³/mol. The number of hydrogen-bond acceptors (Lipinski definition) is 1. The molecular formula is C7H9Cl2NO. The summed E-state index contributed by atoms with van der Waals surface area (Å²) in [5.74, 6) is 0. The molecule has 11 heavy (non-hydrogen) atoms. The van der Waals surface area contributed by atoms with Crippen LogP contribution in [0.3, 0.4) is 0 Å². The Kier molecular flexibility index (Phi) is 3.63. The Morgan fingerprint density at radius 3 is 2.45 bits per heavy atom. The SMILES string of the molecule is Cc1c(Cl)cc[n+]([O-])c1C.Cl. The van der Waals surface area contributed by atoms with Gasteiger partial charge >= 0.3 is 0 Å². The minimum atomic E-state index is 0. The number of halogens is 2. The van der Waals surface area contributed by atoms with Crippen molar-refractivity contribution in [1.29, 1.82) is 0 Å². The molecule has 0 saturated heterocycles. The molecule has 0 N–H and O–H groups in total. The summed E-state index contributed by atoms with van der Waals surface area (Å²) in [4.78, 5) is 0. The molecule has 0 radical (unpaired) electrons. The molecule has 0 amide bonds. The Bertz CT molecular complexity index is 236. The molecule has 0 spiro atoms. The lowest BCUT2D eigenvalue weighted by atomic mass is 10.2. The highest BCUT2D eigenvalue weighted by atomic mass is 35.5. The van der Waals surface area contributed by atoms with Crippen molar-refractivity contribution in [3.63, 3.8) is 0 Å². The lowest BCUT2D eigenvalue weighted by molar-refractivity contribution is -0.612. The fourth-order valence-electron chi connectivity index (χ4n) is 0.708. The van der Waals surface area contributed by atoms with E-state index in [1.165, 1.54) is 6.20 Å². The van der Waals surface area contributed by atoms with Gasteiger partial charge in [-0.15, -0.1) is 12.4 Å². The number of hydrogen-bond donors (Lipinski definition) is 0. The summed E-state index contributed by atoms with van der Waals surface area (Å²) in [5, 5.41) is 11.5. The molecule has 0 atom stereocenters. The van der Waals surface area contributed by atoms with Crippen LogP contribution in [0, 0.1) is 19.1 Å². The monoisotopic (exact) mass is 193 g/mol. The summed E-state index contributed by atoms with van der Waals surface area (Å²) in [6, 6.07) is 1.59. The standard InChI is InChI=1S/C7H8ClNO.ClH/c1-5-6(2)9(10)4-3-7(5)8;/h3-4H,1-2H3;1H. The van der Waals surface area contributed by atoms with Crippen molar-refractivity contribution < 1.29 is 4.73 Å². The van der Waals surface area contributed by atoms with E-state index in [2.05, 4.69) is 0 Å². The van der Waals surface area contributed by atoms with Crippen LogP contribution >= 0.6 is 24.0 Å². The number of aromatic nitrogens is 1. The van der Waals surface area contributed by atoms with E-state index in [4.69, 9.17) is 11.6 Å². The molecule has 0 aliphatic carbocycles. The fraction of sp³-hybridized carbons (Fsp3) is 0.286. The Morgan fingerprint density at radius 2 is 2.00 bits per heavy atom. The van der Waals surface area contributed by atoms with Crippen LogP contribution in [0.2, 0.25) is 5.02 Å². The quantitative estimate of drug-likeness (QED) is 0.458. The molecule has 0 aromatic carbocycles. The minimum absolute atomic E-state index is 0. The van der Waals surface area contributed by atoms with Gasteiger partial charge in [-0.05, 0) is 6.92 Å². The summed E-state index contributed by atoms with van der Waals surface area (Å²) >= 11 is 5.73. The normalized spacial score (nSPS) is 9.00. The molecule has 1 aromatic heterocycles. The highest BCUT2D eigenvalue weighted by molar-refractivity contribution is 6.31. The van der Waals surface area contributed by atoms with Crippen molar-refractivity contribution in [2.75, 3.05) is 0 Å². The maximum Gasteiger partial charge on any atom is 0.194 e. The number of nitrogens with zero attached hydrogens (tertiary/aromatic N) is 1. The van der Waals surface area contributed by atoms with Gasteiger partial charge in [-0.1, -0.05) is 11.6 Å². The molecule has 0 aliphatic heterocycles. The number of rotatable bonds is 0. The second kappa shape index (κ2) is 3.79. The Balaban J connectivity index is 0.000001000. The maximum absolute atomic E-state index is 10.9. The van der Waals surface area contributed by atoms with E-state index in [0.717, 1.165) is 10.3 Å². The molecule has 1 aromatic rings. The summed E-state index contributed by atoms with van der Waals surface area (Å²) in [5.41, 5.74) is 1.51. The number of pyridine rings is 1. The fourth-order valence-corrected chi connectivity index (χ4v) is 0.901. The third kappa shape index (κ3) is 1.98. The summed E-state index contributed by atoms with van der Waals surface area (Å²) in [6.45, 7) is 3.57. The molecule has 0 saturated carbocycles. The van der Waals surface area contributed by atoms with E-state index >= 15 is 0 Å². The maximum atomic E-state index is 10.9. The Morgan fingerprint density at radius 1 is 1.45 bits per heavy atom. The van der Waals surface area contributed by atoms with E-state index in [0.29, 0.717) is 10.7 Å². The first kappa shape index (κ1) is 10.5. The van der Waals surface area contributed by atoms with Crippen LogP contribution in [-0.4, -0.2) is 0 Å². The molecule has 4 heteroatoms. The Hall–Kier alpha value is -0.470. The molecule has 0 fully saturated rings. The summed E-state index contributed by atoms with van der Waals surface area (Å²) in [6.07, 6.45) is 1.41. The van der Waals surface area contributed by atoms with Gasteiger partial charge in [0.1, 0.15) is 0 Å². The minimum Gasteiger partial charge on any atom is -0.619 e. The van der Waals surface area contributed by atoms with Crippen LogP contribution in [0.1, 0.15) is 11.3 Å². The zero-order valence-electron chi connectivity index (χ0n) is 6.30. The van der Waals surface area contributed by atoms with Crippen LogP contribution in [0.4, 0.5) is 0 Å². The van der Waals surface area contributed by atoms with Crippen LogP contribution in [0.15, 0.2) is 12.3 Å². The first-order chi connectivity index (χ1) is 4.63. The van der Waals surface area contributed by atoms with Gasteiger partial charge in [-0.2, -0.15) is 4.73 Å². The van der Waals surface area contributed by atoms with Crippen molar-refractivity contribution in [3.05, 3.63) is 33.8 Å². The zero-order chi connectivity index (χ0) is 7.72. The van der Waals surface area contributed by atoms with Crippen molar-refractivity contribution in [1.82, 2.24) is 0 Å². The molecule has 1 rings (SSSR count). The van der Waals surface area contributed by atoms with Crippen molar-refractivity contribution >= 4 is 24.0 Å². The van der Waals surface area contributed by atoms with Gasteiger partial charge in [0.2, 0.25) is 0 Å². The third-order valence-corrected chi connectivity index (χ3v) is 2.00. The molecule has 0 aliphatic rings. The van der Waals surface area contributed by atoms with Gasteiger partial charge in [0.25, 0.3) is 0 Å². The molecule has 2 nitrogen and oxygen atoms in total. The summed E-state index contributed by atoms with van der Waals surface area (Å²) in [7, 11) is 0.